The monoisotopic (exact) mass is 419 g/mol. The lowest BCUT2D eigenvalue weighted by Gasteiger charge is -2.11. The Balaban J connectivity index is 1.99. The summed E-state index contributed by atoms with van der Waals surface area (Å²) in [6.07, 6.45) is 0.956. The molecule has 0 aromatic heterocycles. The van der Waals surface area contributed by atoms with E-state index in [1.165, 1.54) is 24.3 Å². The van der Waals surface area contributed by atoms with Gasteiger partial charge in [0.1, 0.15) is 0 Å². The second-order valence-corrected chi connectivity index (χ2v) is 7.73. The van der Waals surface area contributed by atoms with Gasteiger partial charge in [-0.1, -0.05) is 18.2 Å². The summed E-state index contributed by atoms with van der Waals surface area (Å²) >= 11 is 0. The Bertz CT molecular complexity index is 1020. The number of benzene rings is 2. The second-order valence-electron chi connectivity index (χ2n) is 5.98. The normalized spacial score (nSPS) is 10.7. The van der Waals surface area contributed by atoms with E-state index in [2.05, 4.69) is 15.4 Å². The van der Waals surface area contributed by atoms with Gasteiger partial charge in [0, 0.05) is 17.8 Å². The minimum Gasteiger partial charge on any atom is -0.452 e. The lowest BCUT2D eigenvalue weighted by Crippen LogP contribution is -2.24. The first kappa shape index (κ1) is 21.9. The van der Waals surface area contributed by atoms with Crippen LogP contribution in [0.1, 0.15) is 27.6 Å². The summed E-state index contributed by atoms with van der Waals surface area (Å²) in [4.78, 5) is 36.1. The van der Waals surface area contributed by atoms with Gasteiger partial charge in [-0.2, -0.15) is 0 Å². The van der Waals surface area contributed by atoms with Crippen LogP contribution < -0.4 is 15.4 Å². The molecule has 2 rings (SSSR count). The fraction of sp³-hybridized carbons (Fsp3) is 0.211. The number of hydrogen-bond donors (Lipinski definition) is 3. The highest BCUT2D eigenvalue weighted by molar-refractivity contribution is 7.92. The lowest BCUT2D eigenvalue weighted by atomic mass is 10.2. The van der Waals surface area contributed by atoms with Crippen LogP contribution in [0.4, 0.5) is 11.4 Å². The van der Waals surface area contributed by atoms with Gasteiger partial charge in [0.05, 0.1) is 17.5 Å². The molecule has 29 heavy (non-hydrogen) atoms. The Labute approximate surface area is 168 Å². The summed E-state index contributed by atoms with van der Waals surface area (Å²) in [5.41, 5.74) is 0.773. The van der Waals surface area contributed by atoms with Crippen molar-refractivity contribution in [3.8, 4) is 0 Å². The summed E-state index contributed by atoms with van der Waals surface area (Å²) in [7, 11) is -3.59. The molecule has 0 saturated heterocycles. The molecule has 2 amide bonds. The SMILES string of the molecule is CCNC(=O)c1cccc(NC(=O)COC(=O)c2ccccc2NS(C)(=O)=O)c1. The van der Waals surface area contributed by atoms with E-state index >= 15 is 0 Å². The van der Waals surface area contributed by atoms with Crippen LogP contribution in [0.2, 0.25) is 0 Å². The van der Waals surface area contributed by atoms with Gasteiger partial charge < -0.3 is 15.4 Å². The highest BCUT2D eigenvalue weighted by Gasteiger charge is 2.16. The van der Waals surface area contributed by atoms with Crippen LogP contribution in [0.15, 0.2) is 48.5 Å². The van der Waals surface area contributed by atoms with Crippen molar-refractivity contribution in [2.45, 2.75) is 6.92 Å². The number of carbonyl (C=O) groups is 3. The zero-order valence-electron chi connectivity index (χ0n) is 15.9. The molecule has 2 aromatic carbocycles. The molecule has 0 radical (unpaired) electrons. The van der Waals surface area contributed by atoms with Gasteiger partial charge in [0.25, 0.3) is 11.8 Å². The van der Waals surface area contributed by atoms with Crippen LogP contribution in [0.5, 0.6) is 0 Å². The van der Waals surface area contributed by atoms with Crippen molar-refractivity contribution < 1.29 is 27.5 Å². The first-order valence-electron chi connectivity index (χ1n) is 8.61. The Morgan fingerprint density at radius 3 is 2.45 bits per heavy atom. The van der Waals surface area contributed by atoms with Gasteiger partial charge in [-0.25, -0.2) is 13.2 Å². The van der Waals surface area contributed by atoms with E-state index in [0.717, 1.165) is 6.26 Å². The van der Waals surface area contributed by atoms with Crippen LogP contribution in [0.3, 0.4) is 0 Å². The molecule has 154 valence electrons. The second kappa shape index (κ2) is 9.69. The Morgan fingerprint density at radius 1 is 1.03 bits per heavy atom. The minimum atomic E-state index is -3.59. The molecular formula is C19H21N3O6S. The predicted octanol–water partition coefficient (Wildman–Crippen LogP) is 1.60. The third kappa shape index (κ3) is 6.92. The maximum absolute atomic E-state index is 12.2. The molecule has 3 N–H and O–H groups in total. The number of esters is 1. The fourth-order valence-corrected chi connectivity index (χ4v) is 2.93. The van der Waals surface area contributed by atoms with Gasteiger partial charge in [0.15, 0.2) is 6.61 Å². The number of carbonyl (C=O) groups excluding carboxylic acids is 3. The number of nitrogens with one attached hydrogen (secondary N) is 3. The Kier molecular flexibility index (Phi) is 7.32. The molecule has 2 aromatic rings. The van der Waals surface area contributed by atoms with Crippen molar-refractivity contribution in [3.05, 3.63) is 59.7 Å². The van der Waals surface area contributed by atoms with E-state index in [0.29, 0.717) is 17.8 Å². The van der Waals surface area contributed by atoms with Gasteiger partial charge >= 0.3 is 5.97 Å². The predicted molar refractivity (Wildman–Crippen MR) is 108 cm³/mol. The van der Waals surface area contributed by atoms with Crippen molar-refractivity contribution in [2.24, 2.45) is 0 Å². The number of hydrogen-bond acceptors (Lipinski definition) is 6. The molecule has 0 aliphatic carbocycles. The van der Waals surface area contributed by atoms with Gasteiger partial charge in [0.2, 0.25) is 10.0 Å². The first-order chi connectivity index (χ1) is 13.7. The lowest BCUT2D eigenvalue weighted by molar-refractivity contribution is -0.119. The van der Waals surface area contributed by atoms with Crippen molar-refractivity contribution >= 4 is 39.2 Å². The van der Waals surface area contributed by atoms with Crippen LogP contribution in [0, 0.1) is 0 Å². The zero-order chi connectivity index (χ0) is 21.4. The molecule has 0 aliphatic rings. The molecule has 0 fully saturated rings. The number of amides is 2. The molecule has 0 atom stereocenters. The zero-order valence-corrected chi connectivity index (χ0v) is 16.7. The fourth-order valence-electron chi connectivity index (χ4n) is 2.36. The van der Waals surface area contributed by atoms with E-state index < -0.39 is 28.5 Å². The topological polar surface area (TPSA) is 131 Å². The van der Waals surface area contributed by atoms with Crippen LogP contribution in [0.25, 0.3) is 0 Å². The van der Waals surface area contributed by atoms with Crippen LogP contribution in [-0.2, 0) is 19.6 Å². The van der Waals surface area contributed by atoms with Crippen molar-refractivity contribution in [1.82, 2.24) is 5.32 Å². The molecule has 0 aliphatic heterocycles. The third-order valence-electron chi connectivity index (χ3n) is 3.52. The molecular weight excluding hydrogens is 398 g/mol. The summed E-state index contributed by atoms with van der Waals surface area (Å²) in [5, 5.41) is 5.18. The quantitative estimate of drug-likeness (QED) is 0.557. The molecule has 9 nitrogen and oxygen atoms in total. The Hall–Kier alpha value is -3.40. The maximum atomic E-state index is 12.2. The average molecular weight is 419 g/mol. The summed E-state index contributed by atoms with van der Waals surface area (Å²) in [6.45, 7) is 1.68. The third-order valence-corrected chi connectivity index (χ3v) is 4.11. The summed E-state index contributed by atoms with van der Waals surface area (Å²) in [5.74, 6) is -1.74. The maximum Gasteiger partial charge on any atom is 0.340 e. The van der Waals surface area contributed by atoms with Crippen LogP contribution >= 0.6 is 0 Å². The van der Waals surface area contributed by atoms with E-state index in [-0.39, 0.29) is 17.2 Å². The molecule has 0 bridgehead atoms. The average Bonchev–Trinajstić information content (AvgIpc) is 2.65. The molecule has 0 unspecified atom stereocenters. The van der Waals surface area contributed by atoms with Gasteiger partial charge in [-0.05, 0) is 37.3 Å². The van der Waals surface area contributed by atoms with Gasteiger partial charge in [-0.3, -0.25) is 14.3 Å². The van der Waals surface area contributed by atoms with Gasteiger partial charge in [-0.15, -0.1) is 0 Å². The number of anilines is 2. The van der Waals surface area contributed by atoms with Crippen molar-refractivity contribution in [1.29, 1.82) is 0 Å². The summed E-state index contributed by atoms with van der Waals surface area (Å²) < 4.78 is 30.0. The number of sulfonamides is 1. The highest BCUT2D eigenvalue weighted by atomic mass is 32.2. The molecule has 0 heterocycles. The first-order valence-corrected chi connectivity index (χ1v) is 10.5. The largest absolute Gasteiger partial charge is 0.452 e. The minimum absolute atomic E-state index is 0.0241. The number of ether oxygens (including phenoxy) is 1. The van der Waals surface area contributed by atoms with Crippen molar-refractivity contribution in [3.63, 3.8) is 0 Å². The highest BCUT2D eigenvalue weighted by Crippen LogP contribution is 2.17. The van der Waals surface area contributed by atoms with E-state index in [4.69, 9.17) is 4.74 Å². The standard InChI is InChI=1S/C19H21N3O6S/c1-3-20-18(24)13-7-6-8-14(11-13)21-17(23)12-28-19(25)15-9-4-5-10-16(15)22-29(2,26)27/h4-11,22H,3,12H2,1-2H3,(H,20,24)(H,21,23). The van der Waals surface area contributed by atoms with E-state index in [1.54, 1.807) is 31.2 Å². The smallest absolute Gasteiger partial charge is 0.340 e. The van der Waals surface area contributed by atoms with Crippen molar-refractivity contribution in [2.75, 3.05) is 29.4 Å². The van der Waals surface area contributed by atoms with E-state index in [9.17, 15) is 22.8 Å². The molecule has 0 spiro atoms. The molecule has 10 heteroatoms. The molecule has 0 saturated carbocycles. The Morgan fingerprint density at radius 2 is 1.76 bits per heavy atom. The number of rotatable bonds is 8. The van der Waals surface area contributed by atoms with Crippen LogP contribution in [-0.4, -0.2) is 45.6 Å². The summed E-state index contributed by atoms with van der Waals surface area (Å²) in [6, 6.07) is 12.2. The van der Waals surface area contributed by atoms with E-state index in [1.807, 2.05) is 0 Å². The number of para-hydroxylation sites is 1.